The summed E-state index contributed by atoms with van der Waals surface area (Å²) in [6, 6.07) is 19.4. The van der Waals surface area contributed by atoms with Crippen molar-refractivity contribution in [2.24, 2.45) is 0 Å². The van der Waals surface area contributed by atoms with Crippen LogP contribution in [-0.4, -0.2) is 5.97 Å². The van der Waals surface area contributed by atoms with E-state index in [1.54, 1.807) is 0 Å². The van der Waals surface area contributed by atoms with E-state index in [2.05, 4.69) is 6.58 Å². The fourth-order valence-corrected chi connectivity index (χ4v) is 1.94. The van der Waals surface area contributed by atoms with E-state index in [0.29, 0.717) is 0 Å². The first kappa shape index (κ1) is 13.1. The molecule has 0 N–H and O–H groups in total. The number of carbonyl (C=O) groups is 1. The van der Waals surface area contributed by atoms with Crippen LogP contribution in [0, 0.1) is 0 Å². The van der Waals surface area contributed by atoms with Gasteiger partial charge in [-0.25, -0.2) is 0 Å². The predicted octanol–water partition coefficient (Wildman–Crippen LogP) is 4.00. The molecule has 0 saturated carbocycles. The summed E-state index contributed by atoms with van der Waals surface area (Å²) < 4.78 is 5.41. The molecule has 2 rings (SSSR count). The van der Waals surface area contributed by atoms with E-state index in [9.17, 15) is 4.79 Å². The van der Waals surface area contributed by atoms with Gasteiger partial charge >= 0.3 is 5.97 Å². The second-order valence-corrected chi connectivity index (χ2v) is 4.29. The van der Waals surface area contributed by atoms with Crippen LogP contribution in [-0.2, 0) is 9.53 Å². The number of esters is 1. The zero-order valence-electron chi connectivity index (χ0n) is 10.9. The van der Waals surface area contributed by atoms with Gasteiger partial charge < -0.3 is 4.74 Å². The lowest BCUT2D eigenvalue weighted by atomic mass is 9.96. The van der Waals surface area contributed by atoms with Crippen LogP contribution >= 0.6 is 0 Å². The number of hydrogen-bond donors (Lipinski definition) is 0. The van der Waals surface area contributed by atoms with E-state index in [1.165, 1.54) is 6.92 Å². The molecule has 0 saturated heterocycles. The normalized spacial score (nSPS) is 11.6. The lowest BCUT2D eigenvalue weighted by Gasteiger charge is -2.20. The fourth-order valence-electron chi connectivity index (χ4n) is 1.94. The Kier molecular flexibility index (Phi) is 4.14. The van der Waals surface area contributed by atoms with Gasteiger partial charge in [-0.05, 0) is 16.7 Å². The smallest absolute Gasteiger partial charge is 0.303 e. The molecule has 0 aliphatic carbocycles. The quantitative estimate of drug-likeness (QED) is 0.769. The van der Waals surface area contributed by atoms with E-state index in [4.69, 9.17) is 4.74 Å². The maximum absolute atomic E-state index is 11.3. The molecule has 2 nitrogen and oxygen atoms in total. The van der Waals surface area contributed by atoms with Crippen molar-refractivity contribution in [2.75, 3.05) is 0 Å². The van der Waals surface area contributed by atoms with E-state index >= 15 is 0 Å². The Morgan fingerprint density at radius 1 is 1.00 bits per heavy atom. The van der Waals surface area contributed by atoms with Gasteiger partial charge in [-0.15, -0.1) is 0 Å². The lowest BCUT2D eigenvalue weighted by Crippen LogP contribution is -2.10. The molecule has 0 unspecified atom stereocenters. The second kappa shape index (κ2) is 6.01. The van der Waals surface area contributed by atoms with Crippen molar-refractivity contribution >= 4 is 11.5 Å². The zero-order chi connectivity index (χ0) is 13.7. The summed E-state index contributed by atoms with van der Waals surface area (Å²) in [7, 11) is 0. The molecule has 2 aromatic rings. The van der Waals surface area contributed by atoms with Crippen molar-refractivity contribution < 1.29 is 9.53 Å². The molecule has 0 radical (unpaired) electrons. The third-order valence-electron chi connectivity index (χ3n) is 2.85. The molecule has 0 aliphatic rings. The van der Waals surface area contributed by atoms with Gasteiger partial charge in [0.25, 0.3) is 0 Å². The average molecular weight is 252 g/mol. The molecule has 2 heteroatoms. The molecule has 1 atom stereocenters. The molecule has 96 valence electrons. The minimum atomic E-state index is -0.443. The van der Waals surface area contributed by atoms with Crippen LogP contribution in [0.5, 0.6) is 0 Å². The zero-order valence-corrected chi connectivity index (χ0v) is 10.9. The summed E-state index contributed by atoms with van der Waals surface area (Å²) in [6.45, 7) is 5.49. The number of carbonyl (C=O) groups excluding carboxylic acids is 1. The van der Waals surface area contributed by atoms with Crippen LogP contribution < -0.4 is 0 Å². The van der Waals surface area contributed by atoms with Gasteiger partial charge in [0.2, 0.25) is 0 Å². The molecular weight excluding hydrogens is 236 g/mol. The lowest BCUT2D eigenvalue weighted by molar-refractivity contribution is -0.144. The van der Waals surface area contributed by atoms with Crippen molar-refractivity contribution in [3.63, 3.8) is 0 Å². The van der Waals surface area contributed by atoms with Crippen molar-refractivity contribution in [3.8, 4) is 0 Å². The van der Waals surface area contributed by atoms with Crippen LogP contribution in [0.2, 0.25) is 0 Å². The third-order valence-corrected chi connectivity index (χ3v) is 2.85. The van der Waals surface area contributed by atoms with Gasteiger partial charge in [-0.2, -0.15) is 0 Å². The van der Waals surface area contributed by atoms with Crippen LogP contribution in [0.15, 0.2) is 67.2 Å². The SMILES string of the molecule is C=C(c1ccccc1)[C@H](OC(C)=O)c1ccccc1. The average Bonchev–Trinajstić information content (AvgIpc) is 2.46. The van der Waals surface area contributed by atoms with Crippen LogP contribution in [0.4, 0.5) is 0 Å². The van der Waals surface area contributed by atoms with Crippen molar-refractivity contribution in [1.82, 2.24) is 0 Å². The highest BCUT2D eigenvalue weighted by Crippen LogP contribution is 2.31. The highest BCUT2D eigenvalue weighted by atomic mass is 16.5. The Morgan fingerprint density at radius 3 is 2.05 bits per heavy atom. The number of hydrogen-bond acceptors (Lipinski definition) is 2. The molecule has 2 aromatic carbocycles. The summed E-state index contributed by atoms with van der Waals surface area (Å²) >= 11 is 0. The van der Waals surface area contributed by atoms with Crippen molar-refractivity contribution in [1.29, 1.82) is 0 Å². The minimum Gasteiger partial charge on any atom is -0.453 e. The monoisotopic (exact) mass is 252 g/mol. The fraction of sp³-hybridized carbons (Fsp3) is 0.118. The minimum absolute atomic E-state index is 0.314. The highest BCUT2D eigenvalue weighted by Gasteiger charge is 2.19. The summed E-state index contributed by atoms with van der Waals surface area (Å²) in [5.41, 5.74) is 2.67. The highest BCUT2D eigenvalue weighted by molar-refractivity contribution is 5.73. The number of rotatable bonds is 4. The molecule has 0 aromatic heterocycles. The van der Waals surface area contributed by atoms with Gasteiger partial charge in [0.05, 0.1) is 0 Å². The Morgan fingerprint density at radius 2 is 1.53 bits per heavy atom. The van der Waals surface area contributed by atoms with E-state index in [0.717, 1.165) is 16.7 Å². The number of ether oxygens (including phenoxy) is 1. The maximum Gasteiger partial charge on any atom is 0.303 e. The van der Waals surface area contributed by atoms with Crippen LogP contribution in [0.25, 0.3) is 5.57 Å². The topological polar surface area (TPSA) is 26.3 Å². The Hall–Kier alpha value is -2.35. The molecule has 0 fully saturated rings. The molecule has 0 amide bonds. The molecule has 0 heterocycles. The Labute approximate surface area is 113 Å². The molecule has 0 aliphatic heterocycles. The summed E-state index contributed by atoms with van der Waals surface area (Å²) in [5, 5.41) is 0. The first-order chi connectivity index (χ1) is 9.18. The summed E-state index contributed by atoms with van der Waals surface area (Å²) in [6.07, 6.45) is -0.443. The van der Waals surface area contributed by atoms with Gasteiger partial charge in [-0.1, -0.05) is 67.2 Å². The van der Waals surface area contributed by atoms with E-state index < -0.39 is 6.10 Å². The predicted molar refractivity (Wildman–Crippen MR) is 76.4 cm³/mol. The first-order valence-corrected chi connectivity index (χ1v) is 6.15. The Balaban J connectivity index is 2.33. The summed E-state index contributed by atoms with van der Waals surface area (Å²) in [4.78, 5) is 11.3. The van der Waals surface area contributed by atoms with E-state index in [1.807, 2.05) is 60.7 Å². The third kappa shape index (κ3) is 3.32. The van der Waals surface area contributed by atoms with Gasteiger partial charge in [0.1, 0.15) is 0 Å². The van der Waals surface area contributed by atoms with Gasteiger partial charge in [0, 0.05) is 6.92 Å². The van der Waals surface area contributed by atoms with Crippen molar-refractivity contribution in [3.05, 3.63) is 78.4 Å². The van der Waals surface area contributed by atoms with E-state index in [-0.39, 0.29) is 5.97 Å². The maximum atomic E-state index is 11.3. The molecular formula is C17H16O2. The molecule has 0 spiro atoms. The van der Waals surface area contributed by atoms with Gasteiger partial charge in [-0.3, -0.25) is 4.79 Å². The second-order valence-electron chi connectivity index (χ2n) is 4.29. The van der Waals surface area contributed by atoms with Gasteiger partial charge in [0.15, 0.2) is 6.10 Å². The number of benzene rings is 2. The molecule has 19 heavy (non-hydrogen) atoms. The van der Waals surface area contributed by atoms with Crippen LogP contribution in [0.3, 0.4) is 0 Å². The molecule has 0 bridgehead atoms. The first-order valence-electron chi connectivity index (χ1n) is 6.15. The van der Waals surface area contributed by atoms with Crippen LogP contribution in [0.1, 0.15) is 24.2 Å². The Bertz CT molecular complexity index is 558. The standard InChI is InChI=1S/C17H16O2/c1-13(15-9-5-3-6-10-15)17(19-14(2)18)16-11-7-4-8-12-16/h3-12,17H,1H2,2H3/t17-/m0/s1. The largest absolute Gasteiger partial charge is 0.453 e. The summed E-state index contributed by atoms with van der Waals surface area (Å²) in [5.74, 6) is -0.314. The van der Waals surface area contributed by atoms with Crippen molar-refractivity contribution in [2.45, 2.75) is 13.0 Å².